The van der Waals surface area contributed by atoms with E-state index >= 15 is 0 Å². The molecular formula is C18H33BrO4. The molecule has 0 saturated heterocycles. The van der Waals surface area contributed by atoms with E-state index in [0.29, 0.717) is 6.42 Å². The number of hydrogen-bond acceptors (Lipinski definition) is 4. The van der Waals surface area contributed by atoms with Crippen molar-refractivity contribution in [2.24, 2.45) is 0 Å². The number of esters is 2. The maximum Gasteiger partial charge on any atom is 0.319 e. The summed E-state index contributed by atoms with van der Waals surface area (Å²) in [7, 11) is 2.87. The van der Waals surface area contributed by atoms with Crippen molar-refractivity contribution >= 4 is 27.9 Å². The highest BCUT2D eigenvalue weighted by Crippen LogP contribution is 2.15. The van der Waals surface area contributed by atoms with Crippen molar-refractivity contribution in [2.75, 3.05) is 14.2 Å². The third kappa shape index (κ3) is 14.7. The summed E-state index contributed by atoms with van der Waals surface area (Å²) in [4.78, 5) is 22.0. The van der Waals surface area contributed by atoms with Crippen LogP contribution in [0.15, 0.2) is 0 Å². The van der Waals surface area contributed by atoms with Crippen LogP contribution in [0.25, 0.3) is 0 Å². The van der Waals surface area contributed by atoms with Crippen LogP contribution in [0.3, 0.4) is 0 Å². The second kappa shape index (κ2) is 16.3. The molecule has 5 heteroatoms. The lowest BCUT2D eigenvalue weighted by molar-refractivity contribution is -0.141. The Kier molecular flexibility index (Phi) is 15.9. The number of carbonyl (C=O) groups excluding carboxylic acids is 2. The summed E-state index contributed by atoms with van der Waals surface area (Å²) in [5.41, 5.74) is 0. The third-order valence-corrected chi connectivity index (χ3v) is 4.85. The molecule has 0 spiro atoms. The number of halogens is 1. The van der Waals surface area contributed by atoms with Gasteiger partial charge in [-0.25, -0.2) is 0 Å². The average Bonchev–Trinajstić information content (AvgIpc) is 2.57. The molecule has 0 aromatic heterocycles. The first-order valence-electron chi connectivity index (χ1n) is 8.90. The summed E-state index contributed by atoms with van der Waals surface area (Å²) < 4.78 is 9.29. The molecule has 4 nitrogen and oxygen atoms in total. The number of carbonyl (C=O) groups is 2. The monoisotopic (exact) mass is 392 g/mol. The zero-order valence-electron chi connectivity index (χ0n) is 14.8. The topological polar surface area (TPSA) is 52.6 Å². The molecule has 0 fully saturated rings. The van der Waals surface area contributed by atoms with Crippen LogP contribution < -0.4 is 0 Å². The highest BCUT2D eigenvalue weighted by atomic mass is 79.9. The first-order valence-corrected chi connectivity index (χ1v) is 9.82. The van der Waals surface area contributed by atoms with Crippen LogP contribution in [0.4, 0.5) is 0 Å². The van der Waals surface area contributed by atoms with Gasteiger partial charge in [0.05, 0.1) is 14.2 Å². The molecule has 0 saturated carbocycles. The normalized spacial score (nSPS) is 12.0. The van der Waals surface area contributed by atoms with Crippen molar-refractivity contribution in [3.05, 3.63) is 0 Å². The van der Waals surface area contributed by atoms with E-state index < -0.39 is 0 Å². The Morgan fingerprint density at radius 3 is 1.61 bits per heavy atom. The highest BCUT2D eigenvalue weighted by molar-refractivity contribution is 9.10. The standard InChI is InChI=1S/C18H33BrO4/c1-22-17(20)15-13-11-9-7-5-3-4-6-8-10-12-14-16(19)18(21)23-2/h16H,3-15H2,1-2H3. The minimum Gasteiger partial charge on any atom is -0.469 e. The quantitative estimate of drug-likeness (QED) is 0.219. The van der Waals surface area contributed by atoms with Gasteiger partial charge in [-0.2, -0.15) is 0 Å². The zero-order chi connectivity index (χ0) is 17.3. The molecule has 0 aromatic rings. The maximum atomic E-state index is 11.2. The molecule has 0 aliphatic heterocycles. The Bertz CT molecular complexity index is 307. The summed E-state index contributed by atoms with van der Waals surface area (Å²) in [6.45, 7) is 0. The average molecular weight is 393 g/mol. The SMILES string of the molecule is COC(=O)CCCCCCCCCCCCCC(Br)C(=O)OC. The van der Waals surface area contributed by atoms with Crippen molar-refractivity contribution < 1.29 is 19.1 Å². The van der Waals surface area contributed by atoms with Gasteiger partial charge < -0.3 is 9.47 Å². The first-order chi connectivity index (χ1) is 11.1. The lowest BCUT2D eigenvalue weighted by atomic mass is 10.0. The molecule has 1 unspecified atom stereocenters. The van der Waals surface area contributed by atoms with Crippen LogP contribution in [-0.4, -0.2) is 31.0 Å². The number of hydrogen-bond donors (Lipinski definition) is 0. The van der Waals surface area contributed by atoms with Crippen LogP contribution in [0, 0.1) is 0 Å². The van der Waals surface area contributed by atoms with Gasteiger partial charge in [0.25, 0.3) is 0 Å². The molecule has 23 heavy (non-hydrogen) atoms. The fourth-order valence-corrected chi connectivity index (χ4v) is 3.04. The summed E-state index contributed by atoms with van der Waals surface area (Å²) in [6.07, 6.45) is 14.7. The summed E-state index contributed by atoms with van der Waals surface area (Å²) in [5.74, 6) is -0.264. The van der Waals surface area contributed by atoms with Crippen molar-refractivity contribution in [3.63, 3.8) is 0 Å². The van der Waals surface area contributed by atoms with E-state index in [0.717, 1.165) is 25.7 Å². The Balaban J connectivity index is 3.16. The molecule has 0 amide bonds. The van der Waals surface area contributed by atoms with Gasteiger partial charge >= 0.3 is 11.9 Å². The minimum atomic E-state index is -0.170. The van der Waals surface area contributed by atoms with Gasteiger partial charge in [0, 0.05) is 6.42 Å². The fraction of sp³-hybridized carbons (Fsp3) is 0.889. The summed E-state index contributed by atoms with van der Waals surface area (Å²) in [6, 6.07) is 0. The molecule has 0 bridgehead atoms. The highest BCUT2D eigenvalue weighted by Gasteiger charge is 2.13. The van der Waals surface area contributed by atoms with Gasteiger partial charge in [0.1, 0.15) is 4.83 Å². The zero-order valence-corrected chi connectivity index (χ0v) is 16.4. The molecule has 0 N–H and O–H groups in total. The van der Waals surface area contributed by atoms with E-state index in [1.807, 2.05) is 0 Å². The summed E-state index contributed by atoms with van der Waals surface area (Å²) >= 11 is 3.34. The maximum absolute atomic E-state index is 11.2. The van der Waals surface area contributed by atoms with E-state index in [9.17, 15) is 9.59 Å². The van der Waals surface area contributed by atoms with E-state index in [1.54, 1.807) is 0 Å². The molecule has 0 aliphatic rings. The Hall–Kier alpha value is -0.580. The Morgan fingerprint density at radius 2 is 1.17 bits per heavy atom. The largest absolute Gasteiger partial charge is 0.469 e. The lowest BCUT2D eigenvalue weighted by Gasteiger charge is -2.07. The second-order valence-corrected chi connectivity index (χ2v) is 7.10. The summed E-state index contributed by atoms with van der Waals surface area (Å²) in [5, 5.41) is 0. The van der Waals surface area contributed by atoms with Gasteiger partial charge in [0.2, 0.25) is 0 Å². The number of methoxy groups -OCH3 is 2. The number of alkyl halides is 1. The predicted molar refractivity (Wildman–Crippen MR) is 96.8 cm³/mol. The molecule has 0 heterocycles. The van der Waals surface area contributed by atoms with E-state index in [1.165, 1.54) is 65.6 Å². The van der Waals surface area contributed by atoms with Crippen LogP contribution in [0.1, 0.15) is 83.5 Å². The van der Waals surface area contributed by atoms with Crippen molar-refractivity contribution in [2.45, 2.75) is 88.3 Å². The first kappa shape index (κ1) is 22.4. The van der Waals surface area contributed by atoms with Gasteiger partial charge in [-0.3, -0.25) is 9.59 Å². The van der Waals surface area contributed by atoms with Crippen molar-refractivity contribution in [3.8, 4) is 0 Å². The van der Waals surface area contributed by atoms with Crippen molar-refractivity contribution in [1.82, 2.24) is 0 Å². The van der Waals surface area contributed by atoms with Crippen LogP contribution >= 0.6 is 15.9 Å². The third-order valence-electron chi connectivity index (χ3n) is 4.02. The van der Waals surface area contributed by atoms with Gasteiger partial charge in [-0.1, -0.05) is 80.1 Å². The molecule has 0 aliphatic carbocycles. The minimum absolute atomic E-state index is 0.0946. The number of ether oxygens (including phenoxy) is 2. The van der Waals surface area contributed by atoms with Gasteiger partial charge in [0.15, 0.2) is 0 Å². The van der Waals surface area contributed by atoms with E-state index in [4.69, 9.17) is 0 Å². The van der Waals surface area contributed by atoms with Crippen LogP contribution in [-0.2, 0) is 19.1 Å². The second-order valence-electron chi connectivity index (χ2n) is 5.99. The molecular weight excluding hydrogens is 360 g/mol. The Morgan fingerprint density at radius 1 is 0.739 bits per heavy atom. The number of rotatable bonds is 15. The molecule has 1 atom stereocenters. The predicted octanol–water partition coefficient (Wildman–Crippen LogP) is 5.17. The fourth-order valence-electron chi connectivity index (χ4n) is 2.53. The smallest absolute Gasteiger partial charge is 0.319 e. The van der Waals surface area contributed by atoms with Gasteiger partial charge in [-0.05, 0) is 12.8 Å². The Labute approximate surface area is 149 Å². The number of unbranched alkanes of at least 4 members (excludes halogenated alkanes) is 10. The lowest BCUT2D eigenvalue weighted by Crippen LogP contribution is -2.15. The van der Waals surface area contributed by atoms with Crippen LogP contribution in [0.5, 0.6) is 0 Å². The van der Waals surface area contributed by atoms with E-state index in [-0.39, 0.29) is 16.8 Å². The molecule has 0 rings (SSSR count). The molecule has 0 radical (unpaired) electrons. The van der Waals surface area contributed by atoms with Gasteiger partial charge in [-0.15, -0.1) is 0 Å². The molecule has 136 valence electrons. The van der Waals surface area contributed by atoms with Crippen LogP contribution in [0.2, 0.25) is 0 Å². The van der Waals surface area contributed by atoms with E-state index in [2.05, 4.69) is 25.4 Å². The van der Waals surface area contributed by atoms with Crippen molar-refractivity contribution in [1.29, 1.82) is 0 Å². The molecule has 0 aromatic carbocycles.